The van der Waals surface area contributed by atoms with Gasteiger partial charge in [-0.25, -0.2) is 0 Å². The maximum atomic E-state index is 12.1. The van der Waals surface area contributed by atoms with E-state index in [0.29, 0.717) is 0 Å². The van der Waals surface area contributed by atoms with E-state index in [2.05, 4.69) is 5.10 Å². The Morgan fingerprint density at radius 2 is 1.78 bits per heavy atom. The topological polar surface area (TPSA) is 85.0 Å². The molecule has 1 unspecified atom stereocenters. The van der Waals surface area contributed by atoms with Crippen LogP contribution in [-0.2, 0) is 9.53 Å². The van der Waals surface area contributed by atoms with Crippen molar-refractivity contribution in [2.45, 2.75) is 13.2 Å². The number of nitrogens with zero attached hydrogens (tertiary/aromatic N) is 3. The number of carbonyl (C=O) groups is 1. The highest BCUT2D eigenvalue weighted by molar-refractivity contribution is 6.07. The molecule has 0 bridgehead atoms. The number of benzene rings is 3. The standard InChI is InChI=1S/C20H15N3O4/c1-13(24)22-20(17-10-4-5-12-18(17)23(25)26)27-19(21-22)16-11-6-8-14-7-2-3-9-15(14)16/h2-12,20H,1H3. The van der Waals surface area contributed by atoms with Gasteiger partial charge in [-0.15, -0.1) is 5.10 Å². The molecule has 4 rings (SSSR count). The van der Waals surface area contributed by atoms with Gasteiger partial charge in [0.05, 0.1) is 10.5 Å². The summed E-state index contributed by atoms with van der Waals surface area (Å²) in [5.41, 5.74) is 0.875. The smallest absolute Gasteiger partial charge is 0.278 e. The second-order valence-electron chi connectivity index (χ2n) is 6.08. The van der Waals surface area contributed by atoms with Crippen LogP contribution in [0.5, 0.6) is 0 Å². The van der Waals surface area contributed by atoms with Crippen LogP contribution in [0.25, 0.3) is 10.8 Å². The molecule has 0 saturated heterocycles. The van der Waals surface area contributed by atoms with E-state index >= 15 is 0 Å². The van der Waals surface area contributed by atoms with Crippen LogP contribution in [0.4, 0.5) is 5.69 Å². The van der Waals surface area contributed by atoms with Crippen molar-refractivity contribution in [1.82, 2.24) is 5.01 Å². The summed E-state index contributed by atoms with van der Waals surface area (Å²) in [5.74, 6) is -0.112. The minimum absolute atomic E-state index is 0.122. The Kier molecular flexibility index (Phi) is 4.04. The summed E-state index contributed by atoms with van der Waals surface area (Å²) in [4.78, 5) is 23.0. The maximum Gasteiger partial charge on any atom is 0.278 e. The van der Waals surface area contributed by atoms with Gasteiger partial charge >= 0.3 is 0 Å². The van der Waals surface area contributed by atoms with Gasteiger partial charge in [-0.05, 0) is 22.9 Å². The van der Waals surface area contributed by atoms with Crippen LogP contribution in [0.15, 0.2) is 71.8 Å². The fraction of sp³-hybridized carbons (Fsp3) is 0.100. The molecule has 134 valence electrons. The molecule has 0 fully saturated rings. The van der Waals surface area contributed by atoms with Crippen molar-refractivity contribution in [3.05, 3.63) is 88.0 Å². The van der Waals surface area contributed by atoms with Gasteiger partial charge in [0.1, 0.15) is 0 Å². The van der Waals surface area contributed by atoms with E-state index in [9.17, 15) is 14.9 Å². The maximum absolute atomic E-state index is 12.1. The Labute approximate surface area is 154 Å². The highest BCUT2D eigenvalue weighted by Crippen LogP contribution is 2.36. The van der Waals surface area contributed by atoms with Crippen LogP contribution in [0.1, 0.15) is 24.3 Å². The molecule has 0 aliphatic carbocycles. The minimum atomic E-state index is -0.988. The molecule has 1 atom stereocenters. The van der Waals surface area contributed by atoms with Gasteiger partial charge in [-0.3, -0.25) is 14.9 Å². The zero-order valence-corrected chi connectivity index (χ0v) is 14.4. The Balaban J connectivity index is 1.81. The van der Waals surface area contributed by atoms with Gasteiger partial charge in [0.25, 0.3) is 5.69 Å². The predicted octanol–water partition coefficient (Wildman–Crippen LogP) is 3.99. The lowest BCUT2D eigenvalue weighted by Gasteiger charge is -2.19. The number of hydrogen-bond donors (Lipinski definition) is 0. The number of para-hydroxylation sites is 1. The predicted molar refractivity (Wildman–Crippen MR) is 99.9 cm³/mol. The number of ether oxygens (including phenoxy) is 1. The zero-order chi connectivity index (χ0) is 19.0. The van der Waals surface area contributed by atoms with Crippen molar-refractivity contribution in [3.8, 4) is 0 Å². The van der Waals surface area contributed by atoms with Crippen LogP contribution in [0, 0.1) is 10.1 Å². The highest BCUT2D eigenvalue weighted by atomic mass is 16.6. The molecule has 7 heteroatoms. The molecule has 1 heterocycles. The zero-order valence-electron chi connectivity index (χ0n) is 14.4. The third-order valence-electron chi connectivity index (χ3n) is 4.39. The van der Waals surface area contributed by atoms with Crippen LogP contribution >= 0.6 is 0 Å². The lowest BCUT2D eigenvalue weighted by atomic mass is 10.0. The van der Waals surface area contributed by atoms with Crippen LogP contribution in [0.3, 0.4) is 0 Å². The lowest BCUT2D eigenvalue weighted by Crippen LogP contribution is -2.25. The molecule has 1 aliphatic heterocycles. The average Bonchev–Trinajstić information content (AvgIpc) is 3.13. The van der Waals surface area contributed by atoms with Gasteiger partial charge in [-0.1, -0.05) is 48.5 Å². The van der Waals surface area contributed by atoms with Gasteiger partial charge in [-0.2, -0.15) is 5.01 Å². The lowest BCUT2D eigenvalue weighted by molar-refractivity contribution is -0.386. The largest absolute Gasteiger partial charge is 0.445 e. The quantitative estimate of drug-likeness (QED) is 0.521. The number of hydrogen-bond acceptors (Lipinski definition) is 5. The average molecular weight is 361 g/mol. The Hall–Kier alpha value is -3.74. The first kappa shape index (κ1) is 16.7. The summed E-state index contributed by atoms with van der Waals surface area (Å²) in [7, 11) is 0. The molecule has 7 nitrogen and oxygen atoms in total. The minimum Gasteiger partial charge on any atom is -0.445 e. The van der Waals surface area contributed by atoms with Crippen LogP contribution in [-0.4, -0.2) is 21.7 Å². The molecule has 3 aromatic carbocycles. The van der Waals surface area contributed by atoms with E-state index in [1.54, 1.807) is 18.2 Å². The number of rotatable bonds is 3. The first-order valence-corrected chi connectivity index (χ1v) is 8.33. The molecule has 0 spiro atoms. The first-order valence-electron chi connectivity index (χ1n) is 8.33. The van der Waals surface area contributed by atoms with Gasteiger partial charge in [0, 0.05) is 18.6 Å². The molecule has 27 heavy (non-hydrogen) atoms. The second kappa shape index (κ2) is 6.53. The summed E-state index contributed by atoms with van der Waals surface area (Å²) in [6.07, 6.45) is -0.988. The molecule has 1 aliphatic rings. The van der Waals surface area contributed by atoms with E-state index in [4.69, 9.17) is 4.74 Å². The monoisotopic (exact) mass is 361 g/mol. The number of nitro benzene ring substituents is 1. The Morgan fingerprint density at radius 3 is 2.56 bits per heavy atom. The number of amides is 1. The molecular formula is C20H15N3O4. The number of nitro groups is 1. The third kappa shape index (κ3) is 2.89. The number of hydrazone groups is 1. The van der Waals surface area contributed by atoms with Crippen LogP contribution in [0.2, 0.25) is 0 Å². The molecule has 0 N–H and O–H groups in total. The summed E-state index contributed by atoms with van der Waals surface area (Å²) in [5, 5.41) is 18.8. The van der Waals surface area contributed by atoms with E-state index in [-0.39, 0.29) is 23.1 Å². The molecule has 3 aromatic rings. The van der Waals surface area contributed by atoms with E-state index < -0.39 is 11.2 Å². The molecule has 0 saturated carbocycles. The fourth-order valence-corrected chi connectivity index (χ4v) is 3.15. The molecule has 1 amide bonds. The highest BCUT2D eigenvalue weighted by Gasteiger charge is 2.37. The van der Waals surface area contributed by atoms with Crippen molar-refractivity contribution in [1.29, 1.82) is 0 Å². The Morgan fingerprint density at radius 1 is 1.07 bits per heavy atom. The van der Waals surface area contributed by atoms with Crippen molar-refractivity contribution < 1.29 is 14.5 Å². The van der Waals surface area contributed by atoms with Gasteiger partial charge in [0.2, 0.25) is 18.0 Å². The van der Waals surface area contributed by atoms with Crippen LogP contribution < -0.4 is 0 Å². The van der Waals surface area contributed by atoms with Gasteiger partial charge < -0.3 is 4.74 Å². The van der Waals surface area contributed by atoms with E-state index in [0.717, 1.165) is 21.3 Å². The van der Waals surface area contributed by atoms with Crippen molar-refractivity contribution in [3.63, 3.8) is 0 Å². The van der Waals surface area contributed by atoms with Crippen molar-refractivity contribution in [2.75, 3.05) is 0 Å². The number of carbonyl (C=O) groups excluding carboxylic acids is 1. The summed E-state index contributed by atoms with van der Waals surface area (Å²) in [6, 6.07) is 19.6. The van der Waals surface area contributed by atoms with E-state index in [1.807, 2.05) is 42.5 Å². The number of fused-ring (bicyclic) bond motifs is 1. The van der Waals surface area contributed by atoms with Crippen molar-refractivity contribution in [2.24, 2.45) is 5.10 Å². The summed E-state index contributed by atoms with van der Waals surface area (Å²) >= 11 is 0. The Bertz CT molecular complexity index is 1090. The SMILES string of the molecule is CC(=O)N1N=C(c2cccc3ccccc23)OC1c1ccccc1[N+](=O)[O-]. The molecule has 0 radical (unpaired) electrons. The van der Waals surface area contributed by atoms with E-state index in [1.165, 1.54) is 13.0 Å². The fourth-order valence-electron chi connectivity index (χ4n) is 3.15. The molecular weight excluding hydrogens is 346 g/mol. The normalized spacial score (nSPS) is 16.1. The van der Waals surface area contributed by atoms with Crippen molar-refractivity contribution >= 4 is 28.3 Å². The second-order valence-corrected chi connectivity index (χ2v) is 6.08. The summed E-state index contributed by atoms with van der Waals surface area (Å²) < 4.78 is 5.96. The summed E-state index contributed by atoms with van der Waals surface area (Å²) in [6.45, 7) is 1.35. The third-order valence-corrected chi connectivity index (χ3v) is 4.39. The van der Waals surface area contributed by atoms with Gasteiger partial charge in [0.15, 0.2) is 0 Å². The molecule has 0 aromatic heterocycles. The first-order chi connectivity index (χ1) is 13.1.